The molecule has 76 valence electrons. The quantitative estimate of drug-likeness (QED) is 0.591. The minimum absolute atomic E-state index is 0.0632. The third-order valence-electron chi connectivity index (χ3n) is 1.82. The molecule has 0 aliphatic carbocycles. The van der Waals surface area contributed by atoms with E-state index in [1.807, 2.05) is 0 Å². The lowest BCUT2D eigenvalue weighted by Gasteiger charge is -2.08. The Kier molecular flexibility index (Phi) is 2.55. The SMILES string of the molecule is CC(C)n1cc([N+](=O)[O-])cc1C(=O)O. The Morgan fingerprint density at radius 3 is 2.50 bits per heavy atom. The summed E-state index contributed by atoms with van der Waals surface area (Å²) in [7, 11) is 0. The number of hydrogen-bond donors (Lipinski definition) is 1. The lowest BCUT2D eigenvalue weighted by Crippen LogP contribution is -2.09. The van der Waals surface area contributed by atoms with Gasteiger partial charge in [-0.1, -0.05) is 0 Å². The number of hydrogen-bond acceptors (Lipinski definition) is 3. The van der Waals surface area contributed by atoms with Gasteiger partial charge in [-0.3, -0.25) is 10.1 Å². The molecule has 0 aliphatic rings. The van der Waals surface area contributed by atoms with Gasteiger partial charge in [0.25, 0.3) is 5.69 Å². The fraction of sp³-hybridized carbons (Fsp3) is 0.375. The van der Waals surface area contributed by atoms with Crippen molar-refractivity contribution in [2.75, 3.05) is 0 Å². The molecule has 1 aromatic heterocycles. The van der Waals surface area contributed by atoms with Crippen molar-refractivity contribution in [1.82, 2.24) is 4.57 Å². The van der Waals surface area contributed by atoms with Crippen LogP contribution in [0.1, 0.15) is 30.4 Å². The standard InChI is InChI=1S/C8H10N2O4/c1-5(2)9-4-6(10(13)14)3-7(9)8(11)12/h3-5H,1-2H3,(H,11,12). The van der Waals surface area contributed by atoms with E-state index in [-0.39, 0.29) is 17.4 Å². The zero-order chi connectivity index (χ0) is 10.9. The number of nitro groups is 1. The van der Waals surface area contributed by atoms with Crippen LogP contribution in [0.25, 0.3) is 0 Å². The van der Waals surface area contributed by atoms with Crippen molar-refractivity contribution in [2.24, 2.45) is 0 Å². The number of carboxylic acids is 1. The van der Waals surface area contributed by atoms with Crippen LogP contribution in [0, 0.1) is 10.1 Å². The molecule has 0 fully saturated rings. The molecule has 0 saturated heterocycles. The summed E-state index contributed by atoms with van der Waals surface area (Å²) < 4.78 is 1.36. The Bertz CT molecular complexity index is 381. The topological polar surface area (TPSA) is 85.4 Å². The normalized spacial score (nSPS) is 10.5. The predicted molar refractivity (Wildman–Crippen MR) is 48.4 cm³/mol. The minimum atomic E-state index is -1.16. The van der Waals surface area contributed by atoms with Gasteiger partial charge in [0.15, 0.2) is 0 Å². The maximum atomic E-state index is 10.7. The van der Waals surface area contributed by atoms with E-state index in [1.54, 1.807) is 13.8 Å². The summed E-state index contributed by atoms with van der Waals surface area (Å²) in [5.74, 6) is -1.16. The Hall–Kier alpha value is -1.85. The van der Waals surface area contributed by atoms with Crippen LogP contribution in [0.4, 0.5) is 5.69 Å². The zero-order valence-corrected chi connectivity index (χ0v) is 7.80. The summed E-state index contributed by atoms with van der Waals surface area (Å²) in [5.41, 5.74) is -0.261. The maximum Gasteiger partial charge on any atom is 0.352 e. The van der Waals surface area contributed by atoms with Crippen molar-refractivity contribution in [1.29, 1.82) is 0 Å². The van der Waals surface area contributed by atoms with E-state index in [9.17, 15) is 14.9 Å². The van der Waals surface area contributed by atoms with Gasteiger partial charge in [-0.05, 0) is 13.8 Å². The second-order valence-corrected chi connectivity index (χ2v) is 3.15. The van der Waals surface area contributed by atoms with Crippen molar-refractivity contribution in [3.63, 3.8) is 0 Å². The van der Waals surface area contributed by atoms with E-state index in [4.69, 9.17) is 5.11 Å². The van der Waals surface area contributed by atoms with Gasteiger partial charge in [0, 0.05) is 12.1 Å². The van der Waals surface area contributed by atoms with E-state index >= 15 is 0 Å². The summed E-state index contributed by atoms with van der Waals surface area (Å²) in [5, 5.41) is 19.2. The van der Waals surface area contributed by atoms with Gasteiger partial charge in [-0.2, -0.15) is 0 Å². The smallest absolute Gasteiger partial charge is 0.352 e. The molecule has 0 saturated carbocycles. The van der Waals surface area contributed by atoms with Crippen LogP contribution in [0.3, 0.4) is 0 Å². The van der Waals surface area contributed by atoms with Crippen molar-refractivity contribution in [3.05, 3.63) is 28.1 Å². The second kappa shape index (κ2) is 3.49. The maximum absolute atomic E-state index is 10.7. The highest BCUT2D eigenvalue weighted by Crippen LogP contribution is 2.20. The number of carbonyl (C=O) groups is 1. The monoisotopic (exact) mass is 198 g/mol. The van der Waals surface area contributed by atoms with Gasteiger partial charge in [0.2, 0.25) is 0 Å². The van der Waals surface area contributed by atoms with E-state index in [0.717, 1.165) is 6.07 Å². The zero-order valence-electron chi connectivity index (χ0n) is 7.80. The average molecular weight is 198 g/mol. The number of nitrogens with zero attached hydrogens (tertiary/aromatic N) is 2. The molecular weight excluding hydrogens is 188 g/mol. The Morgan fingerprint density at radius 1 is 1.64 bits per heavy atom. The average Bonchev–Trinajstić information content (AvgIpc) is 2.47. The van der Waals surface area contributed by atoms with Crippen LogP contribution in [-0.2, 0) is 0 Å². The summed E-state index contributed by atoms with van der Waals surface area (Å²) in [6.45, 7) is 3.52. The second-order valence-electron chi connectivity index (χ2n) is 3.15. The molecule has 0 aromatic carbocycles. The molecule has 0 unspecified atom stereocenters. The molecule has 0 bridgehead atoms. The first-order valence-electron chi connectivity index (χ1n) is 4.03. The molecule has 14 heavy (non-hydrogen) atoms. The Balaban J connectivity index is 3.26. The lowest BCUT2D eigenvalue weighted by molar-refractivity contribution is -0.384. The Labute approximate surface area is 79.9 Å². The summed E-state index contributed by atoms with van der Waals surface area (Å²) in [4.78, 5) is 20.5. The van der Waals surface area contributed by atoms with Crippen LogP contribution in [0.5, 0.6) is 0 Å². The largest absolute Gasteiger partial charge is 0.477 e. The molecule has 1 rings (SSSR count). The van der Waals surface area contributed by atoms with Gasteiger partial charge in [-0.15, -0.1) is 0 Å². The highest BCUT2D eigenvalue weighted by molar-refractivity contribution is 5.87. The number of aromatic nitrogens is 1. The highest BCUT2D eigenvalue weighted by Gasteiger charge is 2.19. The van der Waals surface area contributed by atoms with E-state index in [1.165, 1.54) is 10.8 Å². The minimum Gasteiger partial charge on any atom is -0.477 e. The molecule has 6 nitrogen and oxygen atoms in total. The molecule has 1 heterocycles. The molecule has 0 aliphatic heterocycles. The number of rotatable bonds is 3. The number of carboxylic acid groups (broad SMARTS) is 1. The third kappa shape index (κ3) is 1.73. The molecular formula is C8H10N2O4. The van der Waals surface area contributed by atoms with E-state index in [0.29, 0.717) is 0 Å². The van der Waals surface area contributed by atoms with E-state index in [2.05, 4.69) is 0 Å². The van der Waals surface area contributed by atoms with Crippen molar-refractivity contribution in [2.45, 2.75) is 19.9 Å². The van der Waals surface area contributed by atoms with Crippen LogP contribution in [-0.4, -0.2) is 20.6 Å². The first-order valence-corrected chi connectivity index (χ1v) is 4.03. The van der Waals surface area contributed by atoms with Gasteiger partial charge in [-0.25, -0.2) is 4.79 Å². The molecule has 0 atom stereocenters. The first kappa shape index (κ1) is 10.2. The summed E-state index contributed by atoms with van der Waals surface area (Å²) in [6, 6.07) is 0.942. The fourth-order valence-corrected chi connectivity index (χ4v) is 1.16. The van der Waals surface area contributed by atoms with Crippen LogP contribution in [0.15, 0.2) is 12.3 Å². The first-order chi connectivity index (χ1) is 6.43. The highest BCUT2D eigenvalue weighted by atomic mass is 16.6. The van der Waals surface area contributed by atoms with Crippen LogP contribution < -0.4 is 0 Å². The summed E-state index contributed by atoms with van der Waals surface area (Å²) in [6.07, 6.45) is 1.23. The van der Waals surface area contributed by atoms with Crippen LogP contribution >= 0.6 is 0 Å². The summed E-state index contributed by atoms with van der Waals surface area (Å²) >= 11 is 0. The third-order valence-corrected chi connectivity index (χ3v) is 1.82. The van der Waals surface area contributed by atoms with Gasteiger partial charge < -0.3 is 9.67 Å². The van der Waals surface area contributed by atoms with Crippen LogP contribution in [0.2, 0.25) is 0 Å². The molecule has 6 heteroatoms. The van der Waals surface area contributed by atoms with Crippen molar-refractivity contribution >= 4 is 11.7 Å². The van der Waals surface area contributed by atoms with Gasteiger partial charge >= 0.3 is 5.97 Å². The van der Waals surface area contributed by atoms with Gasteiger partial charge in [0.05, 0.1) is 11.1 Å². The van der Waals surface area contributed by atoms with Crippen molar-refractivity contribution < 1.29 is 14.8 Å². The molecule has 0 amide bonds. The molecule has 1 aromatic rings. The van der Waals surface area contributed by atoms with Gasteiger partial charge in [0.1, 0.15) is 5.69 Å². The van der Waals surface area contributed by atoms with Crippen molar-refractivity contribution in [3.8, 4) is 0 Å². The molecule has 1 N–H and O–H groups in total. The molecule has 0 radical (unpaired) electrons. The fourth-order valence-electron chi connectivity index (χ4n) is 1.16. The number of aromatic carboxylic acids is 1. The Morgan fingerprint density at radius 2 is 2.21 bits per heavy atom. The lowest BCUT2D eigenvalue weighted by atomic mass is 10.3. The van der Waals surface area contributed by atoms with E-state index < -0.39 is 10.9 Å². The molecule has 0 spiro atoms. The predicted octanol–water partition coefficient (Wildman–Crippen LogP) is 1.68.